The van der Waals surface area contributed by atoms with Gasteiger partial charge >= 0.3 is 0 Å². The van der Waals surface area contributed by atoms with Gasteiger partial charge in [0.1, 0.15) is 0 Å². The minimum absolute atomic E-state index is 0.0968. The van der Waals surface area contributed by atoms with Gasteiger partial charge in [0.05, 0.1) is 6.42 Å². The zero-order chi connectivity index (χ0) is 12.1. The van der Waals surface area contributed by atoms with Gasteiger partial charge in [-0.05, 0) is 11.1 Å². The Kier molecular flexibility index (Phi) is 3.52. The maximum atomic E-state index is 11.6. The summed E-state index contributed by atoms with van der Waals surface area (Å²) in [5, 5.41) is 2.67. The molecule has 17 heavy (non-hydrogen) atoms. The molecule has 1 amide bonds. The van der Waals surface area contributed by atoms with Crippen molar-refractivity contribution >= 4 is 11.9 Å². The Bertz CT molecular complexity index is 476. The molecule has 0 saturated carbocycles. The first-order valence-corrected chi connectivity index (χ1v) is 5.35. The fraction of sp³-hybridized carbons (Fsp3) is 0.167. The lowest BCUT2D eigenvalue weighted by molar-refractivity contribution is -0.115. The molecule has 0 aliphatic heterocycles. The van der Waals surface area contributed by atoms with Crippen molar-refractivity contribution in [1.82, 2.24) is 9.97 Å². The van der Waals surface area contributed by atoms with E-state index in [0.29, 0.717) is 18.9 Å². The van der Waals surface area contributed by atoms with Gasteiger partial charge in [-0.1, -0.05) is 24.3 Å². The highest BCUT2D eigenvalue weighted by Gasteiger charge is 2.04. The second kappa shape index (κ2) is 5.27. The van der Waals surface area contributed by atoms with Crippen LogP contribution in [0.1, 0.15) is 11.1 Å². The second-order valence-corrected chi connectivity index (χ2v) is 3.68. The minimum Gasteiger partial charge on any atom is -0.331 e. The molecule has 2 rings (SSSR count). The first-order valence-electron chi connectivity index (χ1n) is 5.35. The van der Waals surface area contributed by atoms with Gasteiger partial charge in [0.15, 0.2) is 0 Å². The average molecular weight is 230 g/mol. The Labute approximate surface area is 99.1 Å². The molecule has 88 valence electrons. The van der Waals surface area contributed by atoms with Crippen molar-refractivity contribution in [3.8, 4) is 0 Å². The lowest BCUT2D eigenvalue weighted by Crippen LogP contribution is -2.15. The standard InChI is InChI=1S/C12H14N4O/c13-8-10-3-1-9(2-4-10)7-11(17)16-12-14-5-6-15-12/h1-6H,7-8,13H2,(H2,14,15,16,17). The molecule has 1 heterocycles. The van der Waals surface area contributed by atoms with E-state index in [1.807, 2.05) is 24.3 Å². The van der Waals surface area contributed by atoms with Crippen LogP contribution in [0.25, 0.3) is 0 Å². The van der Waals surface area contributed by atoms with Crippen molar-refractivity contribution in [1.29, 1.82) is 0 Å². The molecule has 1 aromatic heterocycles. The SMILES string of the molecule is NCc1ccc(CC(=O)Nc2ncc[nH]2)cc1. The van der Waals surface area contributed by atoms with Gasteiger partial charge in [-0.2, -0.15) is 0 Å². The summed E-state index contributed by atoms with van der Waals surface area (Å²) in [7, 11) is 0. The molecular weight excluding hydrogens is 216 g/mol. The summed E-state index contributed by atoms with van der Waals surface area (Å²) in [5.74, 6) is 0.369. The molecule has 0 aliphatic carbocycles. The zero-order valence-corrected chi connectivity index (χ0v) is 9.31. The van der Waals surface area contributed by atoms with Crippen LogP contribution in [0.15, 0.2) is 36.7 Å². The number of carbonyl (C=O) groups excluding carboxylic acids is 1. The van der Waals surface area contributed by atoms with Crippen LogP contribution in [0.5, 0.6) is 0 Å². The van der Waals surface area contributed by atoms with Crippen molar-refractivity contribution < 1.29 is 4.79 Å². The highest BCUT2D eigenvalue weighted by molar-refractivity contribution is 5.90. The van der Waals surface area contributed by atoms with Crippen molar-refractivity contribution in [2.45, 2.75) is 13.0 Å². The molecule has 5 heteroatoms. The van der Waals surface area contributed by atoms with Gasteiger partial charge in [-0.15, -0.1) is 0 Å². The Morgan fingerprint density at radius 1 is 1.29 bits per heavy atom. The number of nitrogens with two attached hydrogens (primary N) is 1. The molecule has 2 aromatic rings. The second-order valence-electron chi connectivity index (χ2n) is 3.68. The van der Waals surface area contributed by atoms with Crippen molar-refractivity contribution in [3.05, 3.63) is 47.8 Å². The summed E-state index contributed by atoms with van der Waals surface area (Å²) >= 11 is 0. The van der Waals surface area contributed by atoms with Crippen LogP contribution < -0.4 is 11.1 Å². The summed E-state index contributed by atoms with van der Waals surface area (Å²) in [5.41, 5.74) is 7.51. The number of hydrogen-bond acceptors (Lipinski definition) is 3. The van der Waals surface area contributed by atoms with E-state index < -0.39 is 0 Å². The molecular formula is C12H14N4O. The summed E-state index contributed by atoms with van der Waals surface area (Å²) < 4.78 is 0. The van der Waals surface area contributed by atoms with Crippen molar-refractivity contribution in [2.75, 3.05) is 5.32 Å². The van der Waals surface area contributed by atoms with Crippen LogP contribution in [0.4, 0.5) is 5.95 Å². The molecule has 1 aromatic carbocycles. The number of benzene rings is 1. The quantitative estimate of drug-likeness (QED) is 0.734. The van der Waals surface area contributed by atoms with E-state index in [1.165, 1.54) is 0 Å². The lowest BCUT2D eigenvalue weighted by Gasteiger charge is -2.03. The molecule has 4 N–H and O–H groups in total. The number of imidazole rings is 1. The van der Waals surface area contributed by atoms with Crippen LogP contribution >= 0.6 is 0 Å². The number of aromatic amines is 1. The average Bonchev–Trinajstić information content (AvgIpc) is 2.82. The normalized spacial score (nSPS) is 10.2. The molecule has 0 aliphatic rings. The monoisotopic (exact) mass is 230 g/mol. The maximum Gasteiger partial charge on any atom is 0.231 e. The fourth-order valence-corrected chi connectivity index (χ4v) is 1.49. The van der Waals surface area contributed by atoms with Gasteiger partial charge < -0.3 is 10.7 Å². The van der Waals surface area contributed by atoms with E-state index in [2.05, 4.69) is 15.3 Å². The summed E-state index contributed by atoms with van der Waals surface area (Å²) in [6.45, 7) is 0.513. The molecule has 0 unspecified atom stereocenters. The van der Waals surface area contributed by atoms with Crippen LogP contribution in [-0.2, 0) is 17.8 Å². The van der Waals surface area contributed by atoms with Crippen LogP contribution in [0.2, 0.25) is 0 Å². The summed E-state index contributed by atoms with van der Waals surface area (Å²) in [6, 6.07) is 7.67. The number of aromatic nitrogens is 2. The molecule has 0 atom stereocenters. The summed E-state index contributed by atoms with van der Waals surface area (Å²) in [4.78, 5) is 18.4. The fourth-order valence-electron chi connectivity index (χ4n) is 1.49. The molecule has 0 spiro atoms. The highest BCUT2D eigenvalue weighted by atomic mass is 16.1. The Morgan fingerprint density at radius 2 is 2.00 bits per heavy atom. The predicted molar refractivity (Wildman–Crippen MR) is 65.3 cm³/mol. The predicted octanol–water partition coefficient (Wildman–Crippen LogP) is 1.05. The van der Waals surface area contributed by atoms with Gasteiger partial charge in [0.2, 0.25) is 11.9 Å². The lowest BCUT2D eigenvalue weighted by atomic mass is 10.1. The molecule has 0 bridgehead atoms. The molecule has 5 nitrogen and oxygen atoms in total. The third-order valence-corrected chi connectivity index (χ3v) is 2.38. The van der Waals surface area contributed by atoms with E-state index in [1.54, 1.807) is 12.4 Å². The van der Waals surface area contributed by atoms with E-state index in [0.717, 1.165) is 11.1 Å². The topological polar surface area (TPSA) is 83.8 Å². The first kappa shape index (κ1) is 11.3. The number of anilines is 1. The van der Waals surface area contributed by atoms with Crippen LogP contribution in [-0.4, -0.2) is 15.9 Å². The smallest absolute Gasteiger partial charge is 0.231 e. The number of nitrogens with zero attached hydrogens (tertiary/aromatic N) is 1. The van der Waals surface area contributed by atoms with E-state index >= 15 is 0 Å². The minimum atomic E-state index is -0.0968. The van der Waals surface area contributed by atoms with Crippen LogP contribution in [0.3, 0.4) is 0 Å². The largest absolute Gasteiger partial charge is 0.331 e. The molecule has 0 radical (unpaired) electrons. The Morgan fingerprint density at radius 3 is 2.59 bits per heavy atom. The van der Waals surface area contributed by atoms with Gasteiger partial charge in [0, 0.05) is 18.9 Å². The van der Waals surface area contributed by atoms with Gasteiger partial charge in [-0.25, -0.2) is 4.98 Å². The first-order chi connectivity index (χ1) is 8.28. The maximum absolute atomic E-state index is 11.6. The number of hydrogen-bond donors (Lipinski definition) is 3. The summed E-state index contributed by atoms with van der Waals surface area (Å²) in [6.07, 6.45) is 3.57. The third kappa shape index (κ3) is 3.15. The van der Waals surface area contributed by atoms with Crippen molar-refractivity contribution in [3.63, 3.8) is 0 Å². The zero-order valence-electron chi connectivity index (χ0n) is 9.31. The highest BCUT2D eigenvalue weighted by Crippen LogP contribution is 2.05. The third-order valence-electron chi connectivity index (χ3n) is 2.38. The number of nitrogens with one attached hydrogen (secondary N) is 2. The Balaban J connectivity index is 1.93. The van der Waals surface area contributed by atoms with E-state index in [-0.39, 0.29) is 5.91 Å². The number of amides is 1. The Hall–Kier alpha value is -2.14. The number of rotatable bonds is 4. The van der Waals surface area contributed by atoms with Gasteiger partial charge in [0.25, 0.3) is 0 Å². The number of H-pyrrole nitrogens is 1. The van der Waals surface area contributed by atoms with Crippen molar-refractivity contribution in [2.24, 2.45) is 5.73 Å². The van der Waals surface area contributed by atoms with Gasteiger partial charge in [-0.3, -0.25) is 10.1 Å². The molecule has 0 saturated heterocycles. The molecule has 0 fully saturated rings. The number of carbonyl (C=O) groups is 1. The van der Waals surface area contributed by atoms with E-state index in [4.69, 9.17) is 5.73 Å². The van der Waals surface area contributed by atoms with E-state index in [9.17, 15) is 4.79 Å². The van der Waals surface area contributed by atoms with Crippen LogP contribution in [0, 0.1) is 0 Å².